The van der Waals surface area contributed by atoms with E-state index in [2.05, 4.69) is 11.8 Å². The van der Waals surface area contributed by atoms with Crippen LogP contribution in [0.3, 0.4) is 0 Å². The van der Waals surface area contributed by atoms with Gasteiger partial charge in [0.05, 0.1) is 15.6 Å². The van der Waals surface area contributed by atoms with E-state index in [-0.39, 0.29) is 11.9 Å². The third-order valence-corrected chi connectivity index (χ3v) is 3.70. The first-order chi connectivity index (χ1) is 10.1. The minimum absolute atomic E-state index is 0.231. The van der Waals surface area contributed by atoms with Gasteiger partial charge in [-0.15, -0.1) is 0 Å². The summed E-state index contributed by atoms with van der Waals surface area (Å²) in [5.74, 6) is 4.88. The van der Waals surface area contributed by atoms with Crippen molar-refractivity contribution in [1.82, 2.24) is 0 Å². The largest absolute Gasteiger partial charge is 0.353 e. The van der Waals surface area contributed by atoms with E-state index in [0.717, 1.165) is 19.3 Å². The Balaban J connectivity index is 1.99. The molecule has 5 heteroatoms. The Morgan fingerprint density at radius 2 is 2.10 bits per heavy atom. The van der Waals surface area contributed by atoms with Crippen LogP contribution in [0.2, 0.25) is 10.0 Å². The Kier molecular flexibility index (Phi) is 6.08. The van der Waals surface area contributed by atoms with E-state index in [1.165, 1.54) is 0 Å². The Morgan fingerprint density at radius 1 is 1.38 bits per heavy atom. The van der Waals surface area contributed by atoms with E-state index < -0.39 is 11.9 Å². The van der Waals surface area contributed by atoms with Crippen LogP contribution in [0, 0.1) is 11.8 Å². The molecular weight excluding hydrogens is 311 g/mol. The molecule has 0 aliphatic carbocycles. The van der Waals surface area contributed by atoms with E-state index in [4.69, 9.17) is 32.7 Å². The van der Waals surface area contributed by atoms with Crippen molar-refractivity contribution in [2.24, 2.45) is 0 Å². The molecule has 0 spiro atoms. The van der Waals surface area contributed by atoms with Crippen LogP contribution in [0.4, 0.5) is 0 Å². The zero-order valence-electron chi connectivity index (χ0n) is 11.7. The number of rotatable bonds is 3. The average molecular weight is 327 g/mol. The van der Waals surface area contributed by atoms with Crippen molar-refractivity contribution in [3.63, 3.8) is 0 Å². The first-order valence-electron chi connectivity index (χ1n) is 6.85. The summed E-state index contributed by atoms with van der Waals surface area (Å²) >= 11 is 11.9. The van der Waals surface area contributed by atoms with Gasteiger partial charge in [0.2, 0.25) is 5.78 Å². The number of hydrogen-bond donors (Lipinski definition) is 0. The minimum atomic E-state index is -0.411. The highest BCUT2D eigenvalue weighted by atomic mass is 35.5. The highest BCUT2D eigenvalue weighted by Crippen LogP contribution is 2.24. The molecule has 0 saturated carbocycles. The first kappa shape index (κ1) is 16.3. The summed E-state index contributed by atoms with van der Waals surface area (Å²) in [7, 11) is 0. The molecule has 1 aromatic carbocycles. The lowest BCUT2D eigenvalue weighted by molar-refractivity contribution is -0.173. The van der Waals surface area contributed by atoms with Gasteiger partial charge < -0.3 is 9.47 Å². The second kappa shape index (κ2) is 7.82. The molecule has 0 N–H and O–H groups in total. The van der Waals surface area contributed by atoms with Crippen LogP contribution >= 0.6 is 23.2 Å². The van der Waals surface area contributed by atoms with Crippen LogP contribution < -0.4 is 0 Å². The number of hydrogen-bond acceptors (Lipinski definition) is 3. The second-order valence-corrected chi connectivity index (χ2v) is 5.58. The number of ketones is 1. The van der Waals surface area contributed by atoms with Crippen LogP contribution in [-0.4, -0.2) is 24.8 Å². The second-order valence-electron chi connectivity index (χ2n) is 4.77. The molecule has 1 aliphatic rings. The molecule has 0 amide bonds. The lowest BCUT2D eigenvalue weighted by atomic mass is 10.1. The Bertz CT molecular complexity index is 548. The molecule has 1 fully saturated rings. The van der Waals surface area contributed by atoms with Gasteiger partial charge in [0.15, 0.2) is 6.29 Å². The van der Waals surface area contributed by atoms with Crippen molar-refractivity contribution >= 4 is 29.0 Å². The van der Waals surface area contributed by atoms with Crippen molar-refractivity contribution in [2.75, 3.05) is 6.61 Å². The summed E-state index contributed by atoms with van der Waals surface area (Å²) < 4.78 is 11.1. The van der Waals surface area contributed by atoms with Gasteiger partial charge in [0, 0.05) is 6.61 Å². The van der Waals surface area contributed by atoms with Gasteiger partial charge in [0.1, 0.15) is 6.10 Å². The molecule has 0 bridgehead atoms. The maximum absolute atomic E-state index is 12.1. The molecule has 1 unspecified atom stereocenters. The molecule has 1 saturated heterocycles. The van der Waals surface area contributed by atoms with Crippen molar-refractivity contribution < 1.29 is 14.3 Å². The maximum Gasteiger partial charge on any atom is 0.238 e. The molecule has 2 atom stereocenters. The maximum atomic E-state index is 12.1. The van der Waals surface area contributed by atoms with E-state index in [1.54, 1.807) is 25.1 Å². The lowest BCUT2D eigenvalue weighted by Gasteiger charge is -2.24. The number of carbonyl (C=O) groups excluding carboxylic acids is 1. The van der Waals surface area contributed by atoms with E-state index in [1.807, 2.05) is 0 Å². The molecule has 21 heavy (non-hydrogen) atoms. The molecule has 1 aromatic rings. The number of ether oxygens (including phenoxy) is 2. The van der Waals surface area contributed by atoms with Crippen LogP contribution in [0.25, 0.3) is 0 Å². The van der Waals surface area contributed by atoms with E-state index in [0.29, 0.717) is 16.7 Å². The summed E-state index contributed by atoms with van der Waals surface area (Å²) in [6.07, 6.45) is 2.37. The smallest absolute Gasteiger partial charge is 0.238 e. The summed E-state index contributed by atoms with van der Waals surface area (Å²) in [6.45, 7) is 2.49. The van der Waals surface area contributed by atoms with Crippen molar-refractivity contribution in [2.45, 2.75) is 38.6 Å². The van der Waals surface area contributed by atoms with Gasteiger partial charge in [-0.05, 0) is 44.2 Å². The monoisotopic (exact) mass is 326 g/mol. The molecular formula is C16H16Cl2O3. The normalized spacial score (nSPS) is 19.5. The van der Waals surface area contributed by atoms with Crippen molar-refractivity contribution in [3.05, 3.63) is 33.8 Å². The topological polar surface area (TPSA) is 35.5 Å². The van der Waals surface area contributed by atoms with Gasteiger partial charge in [0.25, 0.3) is 0 Å². The van der Waals surface area contributed by atoms with Gasteiger partial charge in [-0.1, -0.05) is 35.2 Å². The van der Waals surface area contributed by atoms with Gasteiger partial charge >= 0.3 is 0 Å². The van der Waals surface area contributed by atoms with E-state index in [9.17, 15) is 4.79 Å². The molecule has 112 valence electrons. The third kappa shape index (κ3) is 4.72. The molecule has 2 rings (SSSR count). The predicted molar refractivity (Wildman–Crippen MR) is 82.7 cm³/mol. The summed E-state index contributed by atoms with van der Waals surface area (Å²) in [4.78, 5) is 12.1. The Hall–Kier alpha value is -1.05. The minimum Gasteiger partial charge on any atom is -0.353 e. The van der Waals surface area contributed by atoms with Crippen LogP contribution in [0.15, 0.2) is 18.2 Å². The van der Waals surface area contributed by atoms with Crippen LogP contribution in [0.1, 0.15) is 36.5 Å². The number of benzene rings is 1. The van der Waals surface area contributed by atoms with Gasteiger partial charge in [-0.3, -0.25) is 4.79 Å². The molecule has 0 radical (unpaired) electrons. The number of carbonyl (C=O) groups is 1. The predicted octanol–water partition coefficient (Wildman–Crippen LogP) is 4.11. The summed E-state index contributed by atoms with van der Waals surface area (Å²) in [6, 6.07) is 4.90. The zero-order chi connectivity index (χ0) is 15.2. The van der Waals surface area contributed by atoms with Gasteiger partial charge in [-0.2, -0.15) is 0 Å². The standard InChI is InChI=1S/C16H16Cl2O3/c1-11(21-15-7-2-3-10-20-15)8-9-14(19)16-12(17)5-4-6-13(16)18/h4-6,11,15H,2-3,7,10H2,1H3/t11-,15?/m1/s1. The lowest BCUT2D eigenvalue weighted by Crippen LogP contribution is -2.25. The quantitative estimate of drug-likeness (QED) is 0.476. The SMILES string of the molecule is C[C@H](C#CC(=O)c1c(Cl)cccc1Cl)OC1CCCCO1. The van der Waals surface area contributed by atoms with Crippen LogP contribution in [0.5, 0.6) is 0 Å². The average Bonchev–Trinajstić information content (AvgIpc) is 2.46. The molecule has 1 aliphatic heterocycles. The highest BCUT2D eigenvalue weighted by Gasteiger charge is 2.17. The fourth-order valence-electron chi connectivity index (χ4n) is 2.02. The summed E-state index contributed by atoms with van der Waals surface area (Å²) in [5, 5.41) is 0.594. The van der Waals surface area contributed by atoms with Crippen molar-refractivity contribution in [1.29, 1.82) is 0 Å². The van der Waals surface area contributed by atoms with Crippen molar-refractivity contribution in [3.8, 4) is 11.8 Å². The molecule has 3 nitrogen and oxygen atoms in total. The fraction of sp³-hybridized carbons (Fsp3) is 0.438. The Morgan fingerprint density at radius 3 is 2.71 bits per heavy atom. The van der Waals surface area contributed by atoms with Gasteiger partial charge in [-0.25, -0.2) is 0 Å². The zero-order valence-corrected chi connectivity index (χ0v) is 13.2. The van der Waals surface area contributed by atoms with Crippen LogP contribution in [-0.2, 0) is 9.47 Å². The van der Waals surface area contributed by atoms with E-state index >= 15 is 0 Å². The Labute approximate surface area is 134 Å². The fourth-order valence-corrected chi connectivity index (χ4v) is 2.59. The third-order valence-electron chi connectivity index (χ3n) is 3.07. The molecule has 1 heterocycles. The number of halogens is 2. The highest BCUT2D eigenvalue weighted by molar-refractivity contribution is 6.41. The first-order valence-corrected chi connectivity index (χ1v) is 7.60. The molecule has 0 aromatic heterocycles. The number of Topliss-reactive ketones (excluding diaryl/α,β-unsaturated/α-hetero) is 1. The summed E-state index contributed by atoms with van der Waals surface area (Å²) in [5.41, 5.74) is 0.231.